The van der Waals surface area contributed by atoms with Gasteiger partial charge >= 0.3 is 0 Å². The lowest BCUT2D eigenvalue weighted by Gasteiger charge is -2.25. The minimum atomic E-state index is -0.581. The van der Waals surface area contributed by atoms with Crippen molar-refractivity contribution in [1.82, 2.24) is 15.8 Å². The smallest absolute Gasteiger partial charge is 0.281 e. The van der Waals surface area contributed by atoms with Crippen molar-refractivity contribution < 1.29 is 23.5 Å². The van der Waals surface area contributed by atoms with Gasteiger partial charge in [-0.05, 0) is 19.1 Å². The molecule has 1 aromatic carbocycles. The third-order valence-corrected chi connectivity index (χ3v) is 5.36. The van der Waals surface area contributed by atoms with Gasteiger partial charge in [0.2, 0.25) is 0 Å². The fourth-order valence-electron chi connectivity index (χ4n) is 2.42. The molecule has 2 heterocycles. The van der Waals surface area contributed by atoms with E-state index in [-0.39, 0.29) is 17.4 Å². The van der Waals surface area contributed by atoms with E-state index in [1.54, 1.807) is 6.92 Å². The summed E-state index contributed by atoms with van der Waals surface area (Å²) in [5.74, 6) is -1.39. The van der Waals surface area contributed by atoms with Gasteiger partial charge in [0.15, 0.2) is 11.7 Å². The summed E-state index contributed by atoms with van der Waals surface area (Å²) >= 11 is 6.90. The van der Waals surface area contributed by atoms with Crippen molar-refractivity contribution in [2.24, 2.45) is 0 Å². The predicted molar refractivity (Wildman–Crippen MR) is 102 cm³/mol. The number of hydrogen-bond donors (Lipinski definition) is 2. The van der Waals surface area contributed by atoms with Crippen LogP contribution in [0.5, 0.6) is 5.75 Å². The zero-order valence-corrected chi connectivity index (χ0v) is 16.5. The average Bonchev–Trinajstić information content (AvgIpc) is 3.09. The summed E-state index contributed by atoms with van der Waals surface area (Å²) in [5, 5.41) is 0.636. The normalized spacial score (nSPS) is 13.9. The molecule has 0 unspecified atom stereocenters. The number of nitrogens with one attached hydrogen (secondary N) is 2. The summed E-state index contributed by atoms with van der Waals surface area (Å²) < 4.78 is 23.6. The number of hydrazine groups is 1. The van der Waals surface area contributed by atoms with Gasteiger partial charge in [-0.3, -0.25) is 20.4 Å². The highest BCUT2D eigenvalue weighted by Gasteiger charge is 2.20. The second-order valence-corrected chi connectivity index (χ2v) is 7.26. The SMILES string of the molecule is Cc1nc(N2CCOCC2)sc1C(=O)NNC(=O)COc1ccc(F)c(Cl)c1. The Kier molecular flexibility index (Phi) is 6.65. The lowest BCUT2D eigenvalue weighted by molar-refractivity contribution is -0.123. The van der Waals surface area contributed by atoms with Crippen LogP contribution in [0, 0.1) is 12.7 Å². The molecule has 1 fully saturated rings. The predicted octanol–water partition coefficient (Wildman–Crippen LogP) is 1.92. The molecular weight excluding hydrogens is 411 g/mol. The average molecular weight is 429 g/mol. The molecule has 0 spiro atoms. The molecule has 1 saturated heterocycles. The van der Waals surface area contributed by atoms with Crippen molar-refractivity contribution in [2.45, 2.75) is 6.92 Å². The first kappa shape index (κ1) is 20.3. The van der Waals surface area contributed by atoms with Crippen LogP contribution < -0.4 is 20.5 Å². The molecule has 2 amide bonds. The van der Waals surface area contributed by atoms with Crippen molar-refractivity contribution in [1.29, 1.82) is 0 Å². The molecule has 1 aromatic heterocycles. The van der Waals surface area contributed by atoms with E-state index in [4.69, 9.17) is 21.1 Å². The number of ether oxygens (including phenoxy) is 2. The third kappa shape index (κ3) is 5.09. The summed E-state index contributed by atoms with van der Waals surface area (Å²) in [7, 11) is 0. The van der Waals surface area contributed by atoms with E-state index in [2.05, 4.69) is 20.7 Å². The molecular formula is C17H18ClFN4O4S. The molecule has 0 bridgehead atoms. The maximum absolute atomic E-state index is 13.1. The number of morpholine rings is 1. The number of nitrogens with zero attached hydrogens (tertiary/aromatic N) is 2. The van der Waals surface area contributed by atoms with Gasteiger partial charge in [0.05, 0.1) is 23.9 Å². The number of aryl methyl sites for hydroxylation is 1. The van der Waals surface area contributed by atoms with Gasteiger partial charge in [-0.15, -0.1) is 0 Å². The number of carbonyl (C=O) groups excluding carboxylic acids is 2. The van der Waals surface area contributed by atoms with Gasteiger partial charge < -0.3 is 14.4 Å². The largest absolute Gasteiger partial charge is 0.484 e. The van der Waals surface area contributed by atoms with E-state index in [9.17, 15) is 14.0 Å². The van der Waals surface area contributed by atoms with Gasteiger partial charge in [0.1, 0.15) is 16.4 Å². The first-order valence-corrected chi connectivity index (χ1v) is 9.60. The van der Waals surface area contributed by atoms with Crippen molar-refractivity contribution >= 4 is 39.9 Å². The molecule has 2 aromatic rings. The molecule has 0 atom stereocenters. The number of rotatable bonds is 5. The van der Waals surface area contributed by atoms with E-state index in [0.717, 1.165) is 24.3 Å². The van der Waals surface area contributed by atoms with Crippen molar-refractivity contribution in [2.75, 3.05) is 37.8 Å². The summed E-state index contributed by atoms with van der Waals surface area (Å²) in [5.41, 5.74) is 5.18. The van der Waals surface area contributed by atoms with E-state index in [0.29, 0.717) is 23.8 Å². The number of aromatic nitrogens is 1. The molecule has 150 valence electrons. The van der Waals surface area contributed by atoms with E-state index < -0.39 is 17.6 Å². The van der Waals surface area contributed by atoms with Crippen LogP contribution >= 0.6 is 22.9 Å². The molecule has 1 aliphatic rings. The monoisotopic (exact) mass is 428 g/mol. The molecule has 1 aliphatic heterocycles. The fraction of sp³-hybridized carbons (Fsp3) is 0.353. The summed E-state index contributed by atoms with van der Waals surface area (Å²) in [6.45, 7) is 4.04. The Balaban J connectivity index is 1.50. The standard InChI is InChI=1S/C17H18ClFN4O4S/c1-10-15(28-17(20-10)23-4-6-26-7-5-23)16(25)22-21-14(24)9-27-11-2-3-13(19)12(18)8-11/h2-3,8H,4-7,9H2,1H3,(H,21,24)(H,22,25). The quantitative estimate of drug-likeness (QED) is 0.707. The maximum atomic E-state index is 13.1. The second kappa shape index (κ2) is 9.18. The number of benzene rings is 1. The van der Waals surface area contributed by atoms with Gasteiger partial charge in [-0.1, -0.05) is 22.9 Å². The van der Waals surface area contributed by atoms with Crippen LogP contribution in [0.25, 0.3) is 0 Å². The minimum absolute atomic E-state index is 0.108. The van der Waals surface area contributed by atoms with Gasteiger partial charge in [-0.25, -0.2) is 9.37 Å². The van der Waals surface area contributed by atoms with Crippen LogP contribution in [-0.2, 0) is 9.53 Å². The van der Waals surface area contributed by atoms with Crippen LogP contribution in [-0.4, -0.2) is 49.7 Å². The number of carbonyl (C=O) groups is 2. The first-order chi connectivity index (χ1) is 13.4. The highest BCUT2D eigenvalue weighted by atomic mass is 35.5. The molecule has 28 heavy (non-hydrogen) atoms. The molecule has 0 saturated carbocycles. The zero-order chi connectivity index (χ0) is 20.1. The van der Waals surface area contributed by atoms with E-state index >= 15 is 0 Å². The number of hydrogen-bond acceptors (Lipinski definition) is 7. The van der Waals surface area contributed by atoms with Crippen LogP contribution in [0.1, 0.15) is 15.4 Å². The zero-order valence-electron chi connectivity index (χ0n) is 15.0. The lowest BCUT2D eigenvalue weighted by Crippen LogP contribution is -2.43. The maximum Gasteiger partial charge on any atom is 0.281 e. The molecule has 3 rings (SSSR count). The van der Waals surface area contributed by atoms with Gasteiger partial charge in [0, 0.05) is 19.2 Å². The number of thiazole rings is 1. The fourth-order valence-corrected chi connectivity index (χ4v) is 3.60. The Morgan fingerprint density at radius 2 is 2.11 bits per heavy atom. The number of anilines is 1. The van der Waals surface area contributed by atoms with Crippen molar-refractivity contribution in [3.63, 3.8) is 0 Å². The Morgan fingerprint density at radius 3 is 2.82 bits per heavy atom. The summed E-state index contributed by atoms with van der Waals surface area (Å²) in [4.78, 5) is 31.1. The topological polar surface area (TPSA) is 92.8 Å². The third-order valence-electron chi connectivity index (χ3n) is 3.85. The van der Waals surface area contributed by atoms with E-state index in [1.165, 1.54) is 23.5 Å². The number of amides is 2. The number of halogens is 2. The van der Waals surface area contributed by atoms with Crippen molar-refractivity contribution in [3.8, 4) is 5.75 Å². The Labute approximate surface area is 169 Å². The Morgan fingerprint density at radius 1 is 1.36 bits per heavy atom. The van der Waals surface area contributed by atoms with E-state index in [1.807, 2.05) is 0 Å². The van der Waals surface area contributed by atoms with Crippen molar-refractivity contribution in [3.05, 3.63) is 39.6 Å². The Hall–Kier alpha value is -2.43. The van der Waals surface area contributed by atoms with Gasteiger partial charge in [-0.2, -0.15) is 0 Å². The molecule has 0 aliphatic carbocycles. The molecule has 11 heteroatoms. The highest BCUT2D eigenvalue weighted by Crippen LogP contribution is 2.26. The van der Waals surface area contributed by atoms with Gasteiger partial charge in [0.25, 0.3) is 11.8 Å². The molecule has 8 nitrogen and oxygen atoms in total. The minimum Gasteiger partial charge on any atom is -0.484 e. The summed E-state index contributed by atoms with van der Waals surface area (Å²) in [6, 6.07) is 3.74. The van der Waals surface area contributed by atoms with Crippen LogP contribution in [0.2, 0.25) is 5.02 Å². The second-order valence-electron chi connectivity index (χ2n) is 5.88. The molecule has 0 radical (unpaired) electrons. The first-order valence-electron chi connectivity index (χ1n) is 8.41. The Bertz CT molecular complexity index is 873. The van der Waals surface area contributed by atoms with Crippen LogP contribution in [0.3, 0.4) is 0 Å². The van der Waals surface area contributed by atoms with Crippen LogP contribution in [0.15, 0.2) is 18.2 Å². The summed E-state index contributed by atoms with van der Waals surface area (Å²) in [6.07, 6.45) is 0. The lowest BCUT2D eigenvalue weighted by atomic mass is 10.3. The van der Waals surface area contributed by atoms with Crippen LogP contribution in [0.4, 0.5) is 9.52 Å². The highest BCUT2D eigenvalue weighted by molar-refractivity contribution is 7.17. The molecule has 2 N–H and O–H groups in total.